The van der Waals surface area contributed by atoms with E-state index >= 15 is 0 Å². The zero-order chi connectivity index (χ0) is 14.5. The molecule has 0 amide bonds. The predicted molar refractivity (Wildman–Crippen MR) is 73.5 cm³/mol. The van der Waals surface area contributed by atoms with Gasteiger partial charge < -0.3 is 9.84 Å². The maximum atomic E-state index is 13.7. The second-order valence-corrected chi connectivity index (χ2v) is 4.54. The topological polar surface area (TPSA) is 46.5 Å². The average molecular weight is 274 g/mol. The van der Waals surface area contributed by atoms with Crippen molar-refractivity contribution in [3.63, 3.8) is 0 Å². The first-order chi connectivity index (χ1) is 9.58. The molecule has 0 fully saturated rings. The lowest BCUT2D eigenvalue weighted by Gasteiger charge is -2.15. The number of benzene rings is 2. The summed E-state index contributed by atoms with van der Waals surface area (Å²) in [7, 11) is 0. The zero-order valence-corrected chi connectivity index (χ0v) is 11.0. The van der Waals surface area contributed by atoms with Crippen LogP contribution < -0.4 is 4.74 Å². The molecule has 0 bridgehead atoms. The van der Waals surface area contributed by atoms with Crippen molar-refractivity contribution in [1.82, 2.24) is 0 Å². The maximum absolute atomic E-state index is 13.7. The molecule has 0 aliphatic carbocycles. The fraction of sp³-hybridized carbons (Fsp3) is 0.188. The highest BCUT2D eigenvalue weighted by atomic mass is 19.1. The normalized spacial score (nSPS) is 11.9. The van der Waals surface area contributed by atoms with Crippen molar-refractivity contribution in [2.45, 2.75) is 12.8 Å². The molecule has 0 heterocycles. The van der Waals surface area contributed by atoms with Crippen molar-refractivity contribution in [2.24, 2.45) is 0 Å². The van der Waals surface area contributed by atoms with Crippen LogP contribution in [-0.2, 0) is 4.79 Å². The predicted octanol–water partition coefficient (Wildman–Crippen LogP) is 3.38. The van der Waals surface area contributed by atoms with Gasteiger partial charge in [-0.25, -0.2) is 4.39 Å². The Labute approximate surface area is 116 Å². The number of aliphatic carboxylic acids is 1. The zero-order valence-electron chi connectivity index (χ0n) is 11.0. The molecule has 0 radical (unpaired) electrons. The molecule has 1 N–H and O–H groups in total. The quantitative estimate of drug-likeness (QED) is 0.909. The molecule has 2 rings (SSSR count). The van der Waals surface area contributed by atoms with Crippen molar-refractivity contribution >= 4 is 5.97 Å². The van der Waals surface area contributed by atoms with Crippen molar-refractivity contribution in [3.05, 3.63) is 65.5 Å². The Morgan fingerprint density at radius 3 is 2.45 bits per heavy atom. The molecule has 0 aliphatic rings. The fourth-order valence-corrected chi connectivity index (χ4v) is 1.87. The van der Waals surface area contributed by atoms with Crippen LogP contribution in [0.2, 0.25) is 0 Å². The molecule has 20 heavy (non-hydrogen) atoms. The number of hydrogen-bond acceptors (Lipinski definition) is 2. The number of hydrogen-bond donors (Lipinski definition) is 1. The van der Waals surface area contributed by atoms with Crippen molar-refractivity contribution < 1.29 is 19.0 Å². The summed E-state index contributed by atoms with van der Waals surface area (Å²) >= 11 is 0. The summed E-state index contributed by atoms with van der Waals surface area (Å²) in [6.07, 6.45) is 0. The second kappa shape index (κ2) is 6.19. The van der Waals surface area contributed by atoms with Gasteiger partial charge in [-0.2, -0.15) is 0 Å². The van der Waals surface area contributed by atoms with Crippen LogP contribution in [0.15, 0.2) is 48.5 Å². The minimum absolute atomic E-state index is 0.112. The molecular weight excluding hydrogens is 259 g/mol. The molecule has 0 aliphatic heterocycles. The summed E-state index contributed by atoms with van der Waals surface area (Å²) < 4.78 is 19.1. The van der Waals surface area contributed by atoms with E-state index in [0.717, 1.165) is 5.56 Å². The second-order valence-electron chi connectivity index (χ2n) is 4.54. The van der Waals surface area contributed by atoms with Gasteiger partial charge in [0.05, 0.1) is 0 Å². The van der Waals surface area contributed by atoms with Crippen molar-refractivity contribution in [2.75, 3.05) is 6.61 Å². The summed E-state index contributed by atoms with van der Waals surface area (Å²) in [5.74, 6) is -2.11. The first-order valence-electron chi connectivity index (χ1n) is 6.24. The van der Waals surface area contributed by atoms with E-state index in [1.807, 2.05) is 19.1 Å². The van der Waals surface area contributed by atoms with Gasteiger partial charge in [0.25, 0.3) is 0 Å². The van der Waals surface area contributed by atoms with Crippen LogP contribution >= 0.6 is 0 Å². The summed E-state index contributed by atoms with van der Waals surface area (Å²) in [6, 6.07) is 13.1. The van der Waals surface area contributed by atoms with Gasteiger partial charge in [-0.15, -0.1) is 0 Å². The molecular formula is C16H15FO3. The summed E-state index contributed by atoms with van der Waals surface area (Å²) in [4.78, 5) is 11.3. The molecule has 1 unspecified atom stereocenters. The highest BCUT2D eigenvalue weighted by Gasteiger charge is 2.23. The Kier molecular flexibility index (Phi) is 4.35. The minimum atomic E-state index is -1.11. The Bertz CT molecular complexity index is 593. The smallest absolute Gasteiger partial charge is 0.314 e. The van der Waals surface area contributed by atoms with Gasteiger partial charge in [-0.3, -0.25) is 4.79 Å². The molecule has 0 spiro atoms. The molecule has 1 atom stereocenters. The molecule has 2 aromatic carbocycles. The van der Waals surface area contributed by atoms with Crippen LogP contribution in [0.5, 0.6) is 5.75 Å². The van der Waals surface area contributed by atoms with Crippen molar-refractivity contribution in [3.8, 4) is 5.75 Å². The van der Waals surface area contributed by atoms with Gasteiger partial charge in [-0.05, 0) is 25.1 Å². The first kappa shape index (κ1) is 14.1. The van der Waals surface area contributed by atoms with E-state index in [1.165, 1.54) is 18.2 Å². The minimum Gasteiger partial charge on any atom is -0.492 e. The Hall–Kier alpha value is -2.36. The third-order valence-electron chi connectivity index (χ3n) is 3.02. The maximum Gasteiger partial charge on any atom is 0.314 e. The van der Waals surface area contributed by atoms with Crippen LogP contribution in [0.25, 0.3) is 0 Å². The molecule has 104 valence electrons. The number of carboxylic acid groups (broad SMARTS) is 1. The molecule has 4 heteroatoms. The molecule has 0 saturated heterocycles. The summed E-state index contributed by atoms with van der Waals surface area (Å²) in [5, 5.41) is 9.23. The van der Waals surface area contributed by atoms with E-state index < -0.39 is 17.7 Å². The Balaban J connectivity index is 2.13. The SMILES string of the molecule is Cc1ccc(OCC(C(=O)O)c2ccccc2F)cc1. The van der Waals surface area contributed by atoms with Crippen molar-refractivity contribution in [1.29, 1.82) is 0 Å². The molecule has 2 aromatic rings. The third-order valence-corrected chi connectivity index (χ3v) is 3.02. The van der Waals surface area contributed by atoms with Gasteiger partial charge in [-0.1, -0.05) is 35.9 Å². The van der Waals surface area contributed by atoms with Crippen LogP contribution in [0.4, 0.5) is 4.39 Å². The number of halogens is 1. The van der Waals surface area contributed by atoms with Crippen LogP contribution in [0, 0.1) is 12.7 Å². The van der Waals surface area contributed by atoms with E-state index in [0.29, 0.717) is 5.75 Å². The van der Waals surface area contributed by atoms with Gasteiger partial charge in [0.1, 0.15) is 24.1 Å². The number of ether oxygens (including phenoxy) is 1. The highest BCUT2D eigenvalue weighted by Crippen LogP contribution is 2.21. The highest BCUT2D eigenvalue weighted by molar-refractivity contribution is 5.76. The average Bonchev–Trinajstić information content (AvgIpc) is 2.42. The lowest BCUT2D eigenvalue weighted by Crippen LogP contribution is -2.20. The molecule has 3 nitrogen and oxygen atoms in total. The first-order valence-corrected chi connectivity index (χ1v) is 6.24. The summed E-state index contributed by atoms with van der Waals surface area (Å²) in [5.41, 5.74) is 1.22. The van der Waals surface area contributed by atoms with Gasteiger partial charge in [0.2, 0.25) is 0 Å². The molecule has 0 saturated carbocycles. The monoisotopic (exact) mass is 274 g/mol. The van der Waals surface area contributed by atoms with E-state index in [-0.39, 0.29) is 12.2 Å². The van der Waals surface area contributed by atoms with Gasteiger partial charge >= 0.3 is 5.97 Å². The number of rotatable bonds is 5. The van der Waals surface area contributed by atoms with Gasteiger partial charge in [0.15, 0.2) is 0 Å². The largest absolute Gasteiger partial charge is 0.492 e. The number of carbonyl (C=O) groups is 1. The van der Waals surface area contributed by atoms with Gasteiger partial charge in [0, 0.05) is 5.56 Å². The van der Waals surface area contributed by atoms with Crippen LogP contribution in [-0.4, -0.2) is 17.7 Å². The van der Waals surface area contributed by atoms with E-state index in [1.54, 1.807) is 18.2 Å². The van der Waals surface area contributed by atoms with E-state index in [9.17, 15) is 14.3 Å². The van der Waals surface area contributed by atoms with E-state index in [2.05, 4.69) is 0 Å². The summed E-state index contributed by atoms with van der Waals surface area (Å²) in [6.45, 7) is 1.84. The Morgan fingerprint density at radius 2 is 1.85 bits per heavy atom. The molecule has 0 aromatic heterocycles. The van der Waals surface area contributed by atoms with Crippen LogP contribution in [0.3, 0.4) is 0 Å². The lowest BCUT2D eigenvalue weighted by molar-refractivity contribution is -0.139. The number of carboxylic acids is 1. The van der Waals surface area contributed by atoms with E-state index in [4.69, 9.17) is 4.74 Å². The fourth-order valence-electron chi connectivity index (χ4n) is 1.87. The standard InChI is InChI=1S/C16H15FO3/c1-11-6-8-12(9-7-11)20-10-14(16(18)19)13-4-2-3-5-15(13)17/h2-9,14H,10H2,1H3,(H,18,19). The Morgan fingerprint density at radius 1 is 1.20 bits per heavy atom. The lowest BCUT2D eigenvalue weighted by atomic mass is 10.00. The third kappa shape index (κ3) is 3.35. The van der Waals surface area contributed by atoms with Crippen LogP contribution in [0.1, 0.15) is 17.0 Å². The number of aryl methyl sites for hydroxylation is 1.